The molecule has 0 amide bonds. The van der Waals surface area contributed by atoms with Gasteiger partial charge in [-0.2, -0.15) is 5.26 Å². The van der Waals surface area contributed by atoms with E-state index >= 15 is 0 Å². The van der Waals surface area contributed by atoms with Crippen LogP contribution >= 0.6 is 0 Å². The van der Waals surface area contributed by atoms with Gasteiger partial charge in [0.2, 0.25) is 0 Å². The van der Waals surface area contributed by atoms with Crippen LogP contribution < -0.4 is 0 Å². The summed E-state index contributed by atoms with van der Waals surface area (Å²) >= 11 is 0. The molecule has 1 atom stereocenters. The molecular weight excluding hydrogens is 887 g/mol. The van der Waals surface area contributed by atoms with E-state index in [-0.39, 0.29) is 5.92 Å². The van der Waals surface area contributed by atoms with Crippen molar-refractivity contribution in [1.82, 2.24) is 9.97 Å². The molecule has 0 aliphatic heterocycles. The number of benzene rings is 11. The molecule has 0 fully saturated rings. The van der Waals surface area contributed by atoms with Gasteiger partial charge < -0.3 is 4.42 Å². The molecule has 338 valence electrons. The minimum atomic E-state index is -0.418. The third-order valence-electron chi connectivity index (χ3n) is 15.7. The van der Waals surface area contributed by atoms with Gasteiger partial charge in [0.05, 0.1) is 34.2 Å². The second-order valence-corrected chi connectivity index (χ2v) is 19.4. The summed E-state index contributed by atoms with van der Waals surface area (Å²) in [5.74, 6) is 0.385. The summed E-state index contributed by atoms with van der Waals surface area (Å²) in [5.41, 5.74) is 21.9. The van der Waals surface area contributed by atoms with E-state index in [0.717, 1.165) is 82.7 Å². The fraction of sp³-hybridized carbons (Fsp3) is 0.0290. The number of nitriles is 1. The van der Waals surface area contributed by atoms with Gasteiger partial charge >= 0.3 is 0 Å². The highest BCUT2D eigenvalue weighted by Gasteiger charge is 2.52. The van der Waals surface area contributed by atoms with E-state index in [1.165, 1.54) is 50.1 Å². The Labute approximate surface area is 421 Å². The maximum Gasteiger partial charge on any atom is 0.141 e. The van der Waals surface area contributed by atoms with E-state index in [2.05, 4.69) is 194 Å². The van der Waals surface area contributed by atoms with Crippen molar-refractivity contribution in [2.24, 2.45) is 0 Å². The zero-order valence-corrected chi connectivity index (χ0v) is 39.4. The third kappa shape index (κ3) is 6.00. The summed E-state index contributed by atoms with van der Waals surface area (Å²) < 4.78 is 6.72. The summed E-state index contributed by atoms with van der Waals surface area (Å²) in [6, 6.07) is 89.1. The molecule has 0 N–H and O–H groups in total. The van der Waals surface area contributed by atoms with E-state index < -0.39 is 5.41 Å². The van der Waals surface area contributed by atoms with Crippen LogP contribution in [0.15, 0.2) is 247 Å². The van der Waals surface area contributed by atoms with Crippen molar-refractivity contribution < 1.29 is 4.42 Å². The summed E-state index contributed by atoms with van der Waals surface area (Å²) in [5, 5.41) is 15.2. The smallest absolute Gasteiger partial charge is 0.141 e. The van der Waals surface area contributed by atoms with Crippen LogP contribution in [-0.2, 0) is 5.41 Å². The van der Waals surface area contributed by atoms with E-state index in [9.17, 15) is 5.26 Å². The lowest BCUT2D eigenvalue weighted by molar-refractivity contribution is 0.669. The van der Waals surface area contributed by atoms with Crippen LogP contribution in [0, 0.1) is 11.3 Å². The van der Waals surface area contributed by atoms with E-state index in [1.54, 1.807) is 0 Å². The Kier molecular flexibility index (Phi) is 8.97. The van der Waals surface area contributed by atoms with Crippen LogP contribution in [0.25, 0.3) is 99.4 Å². The Morgan fingerprint density at radius 3 is 1.84 bits per heavy atom. The number of hydrogen-bond acceptors (Lipinski definition) is 4. The lowest BCUT2D eigenvalue weighted by atomic mass is 9.70. The van der Waals surface area contributed by atoms with Gasteiger partial charge in [0.15, 0.2) is 0 Å². The SMILES string of the molecule is N#Cc1ccc(C(c2ccc3c(-c4cccc5oc6ccc(-c7cccc8c7-c7ccccc7C87c8ccccc8-c8ccccc87)cc6c45)cccc3c2)c2nc(-c3ccccc3)c3ccccc3n2)cc1. The van der Waals surface area contributed by atoms with Gasteiger partial charge in [-0.15, -0.1) is 0 Å². The molecule has 0 saturated carbocycles. The second-order valence-electron chi connectivity index (χ2n) is 19.4. The molecule has 1 spiro atoms. The lowest BCUT2D eigenvalue weighted by Gasteiger charge is -2.30. The van der Waals surface area contributed by atoms with Gasteiger partial charge in [0.1, 0.15) is 17.0 Å². The Balaban J connectivity index is 0.888. The largest absolute Gasteiger partial charge is 0.456 e. The van der Waals surface area contributed by atoms with E-state index in [4.69, 9.17) is 14.4 Å². The number of fused-ring (bicyclic) bond motifs is 15. The first-order valence-corrected chi connectivity index (χ1v) is 24.9. The van der Waals surface area contributed by atoms with Crippen LogP contribution in [0.4, 0.5) is 0 Å². The molecule has 0 saturated heterocycles. The molecule has 73 heavy (non-hydrogen) atoms. The number of furan rings is 1. The highest BCUT2D eigenvalue weighted by Crippen LogP contribution is 2.64. The summed E-state index contributed by atoms with van der Waals surface area (Å²) in [6.07, 6.45) is 0. The molecular formula is C69H41N3O. The minimum absolute atomic E-state index is 0.313. The molecule has 2 aliphatic rings. The highest BCUT2D eigenvalue weighted by molar-refractivity contribution is 6.16. The van der Waals surface area contributed by atoms with E-state index in [1.807, 2.05) is 54.6 Å². The van der Waals surface area contributed by atoms with Crippen LogP contribution in [0.3, 0.4) is 0 Å². The Hall–Kier alpha value is -9.69. The van der Waals surface area contributed by atoms with Gasteiger partial charge in [-0.25, -0.2) is 9.97 Å². The summed E-state index contributed by atoms with van der Waals surface area (Å²) in [4.78, 5) is 10.6. The van der Waals surface area contributed by atoms with Gasteiger partial charge in [-0.1, -0.05) is 206 Å². The van der Waals surface area contributed by atoms with Crippen molar-refractivity contribution >= 4 is 43.6 Å². The molecule has 13 aromatic rings. The Morgan fingerprint density at radius 2 is 1.04 bits per heavy atom. The molecule has 0 bridgehead atoms. The van der Waals surface area contributed by atoms with Crippen molar-refractivity contribution in [3.63, 3.8) is 0 Å². The standard InChI is InChI=1S/C69H41N3O/c70-41-42-31-33-43(34-32-42)64(68-71-61-29-11-7-21-55(61)67(72-68)44-15-2-1-3-16-44)47-35-37-48-45(39-47)17-12-23-50(48)53-24-14-30-63-66(53)56-40-46(36-38-62(56)73-63)49-22-13-28-60-65(49)54-20-6-10-27-59(54)69(60)57-25-8-4-18-51(57)52-19-5-9-26-58(52)69/h1-40,64H. The Morgan fingerprint density at radius 1 is 0.411 bits per heavy atom. The van der Waals surface area contributed by atoms with Gasteiger partial charge in [-0.3, -0.25) is 0 Å². The number of aromatic nitrogens is 2. The fourth-order valence-electron chi connectivity index (χ4n) is 12.6. The first-order chi connectivity index (χ1) is 36.2. The van der Waals surface area contributed by atoms with Crippen molar-refractivity contribution in [2.45, 2.75) is 11.3 Å². The average molecular weight is 928 g/mol. The van der Waals surface area contributed by atoms with Crippen LogP contribution in [0.5, 0.6) is 0 Å². The number of nitrogens with zero attached hydrogens (tertiary/aromatic N) is 3. The quantitative estimate of drug-likeness (QED) is 0.167. The monoisotopic (exact) mass is 927 g/mol. The molecule has 4 nitrogen and oxygen atoms in total. The molecule has 11 aromatic carbocycles. The first-order valence-electron chi connectivity index (χ1n) is 24.9. The normalized spacial score (nSPS) is 13.2. The first kappa shape index (κ1) is 41.1. The molecule has 0 radical (unpaired) electrons. The van der Waals surface area contributed by atoms with Crippen molar-refractivity contribution in [1.29, 1.82) is 5.26 Å². The second kappa shape index (κ2) is 15.9. The maximum atomic E-state index is 9.77. The molecule has 1 unspecified atom stereocenters. The van der Waals surface area contributed by atoms with Gasteiger partial charge in [0, 0.05) is 21.7 Å². The maximum absolute atomic E-state index is 9.77. The van der Waals surface area contributed by atoms with Crippen molar-refractivity contribution in [2.75, 3.05) is 0 Å². The summed E-state index contributed by atoms with van der Waals surface area (Å²) in [7, 11) is 0. The fourth-order valence-corrected chi connectivity index (χ4v) is 12.6. The van der Waals surface area contributed by atoms with Crippen LogP contribution in [-0.4, -0.2) is 9.97 Å². The molecule has 15 rings (SSSR count). The topological polar surface area (TPSA) is 62.7 Å². The molecule has 2 aromatic heterocycles. The Bertz CT molecular complexity index is 4420. The number of rotatable bonds is 6. The van der Waals surface area contributed by atoms with E-state index in [0.29, 0.717) is 11.4 Å². The predicted molar refractivity (Wildman–Crippen MR) is 295 cm³/mol. The van der Waals surface area contributed by atoms with Crippen LogP contribution in [0.1, 0.15) is 50.7 Å². The van der Waals surface area contributed by atoms with Gasteiger partial charge in [0.25, 0.3) is 0 Å². The van der Waals surface area contributed by atoms with Crippen LogP contribution in [0.2, 0.25) is 0 Å². The highest BCUT2D eigenvalue weighted by atomic mass is 16.3. The number of hydrogen-bond donors (Lipinski definition) is 0. The number of para-hydroxylation sites is 1. The predicted octanol–water partition coefficient (Wildman–Crippen LogP) is 17.1. The zero-order chi connectivity index (χ0) is 48.2. The lowest BCUT2D eigenvalue weighted by Crippen LogP contribution is -2.25. The molecule has 2 aliphatic carbocycles. The minimum Gasteiger partial charge on any atom is -0.456 e. The zero-order valence-electron chi connectivity index (χ0n) is 39.4. The van der Waals surface area contributed by atoms with Crippen molar-refractivity contribution in [3.05, 3.63) is 287 Å². The third-order valence-corrected chi connectivity index (χ3v) is 15.7. The summed E-state index contributed by atoms with van der Waals surface area (Å²) in [6.45, 7) is 0. The van der Waals surface area contributed by atoms with Gasteiger partial charge in [-0.05, 0) is 125 Å². The van der Waals surface area contributed by atoms with Crippen molar-refractivity contribution in [3.8, 4) is 61.8 Å². The average Bonchev–Trinajstić information content (AvgIpc) is 4.10. The molecule has 2 heterocycles. The molecule has 4 heteroatoms.